The molecule has 1 aliphatic heterocycles. The van der Waals surface area contributed by atoms with Crippen LogP contribution in [-0.4, -0.2) is 43.6 Å². The lowest BCUT2D eigenvalue weighted by molar-refractivity contribution is -0.163. The molecule has 8 nitrogen and oxygen atoms in total. The van der Waals surface area contributed by atoms with E-state index < -0.39 is 41.5 Å². The molecule has 0 unspecified atom stereocenters. The highest BCUT2D eigenvalue weighted by Gasteiger charge is 2.81. The van der Waals surface area contributed by atoms with Crippen LogP contribution in [0.25, 0.3) is 0 Å². The Hall–Kier alpha value is -3.39. The van der Waals surface area contributed by atoms with E-state index in [-0.39, 0.29) is 6.61 Å². The van der Waals surface area contributed by atoms with Crippen LogP contribution in [0.3, 0.4) is 0 Å². The van der Waals surface area contributed by atoms with Crippen molar-refractivity contribution in [3.05, 3.63) is 65.2 Å². The minimum Gasteiger partial charge on any atom is -0.468 e. The number of nitrogens with zero attached hydrogens (tertiary/aromatic N) is 1. The van der Waals surface area contributed by atoms with Crippen molar-refractivity contribution in [2.75, 3.05) is 19.1 Å². The second-order valence-electron chi connectivity index (χ2n) is 7.74. The molecule has 8 heteroatoms. The van der Waals surface area contributed by atoms with E-state index >= 15 is 0 Å². The van der Waals surface area contributed by atoms with Gasteiger partial charge in [-0.3, -0.25) is 14.5 Å². The number of fused-ring (bicyclic) bond motifs is 3. The van der Waals surface area contributed by atoms with Crippen LogP contribution in [0.15, 0.2) is 48.5 Å². The first kappa shape index (κ1) is 20.9. The molecule has 1 N–H and O–H groups in total. The van der Waals surface area contributed by atoms with Crippen molar-refractivity contribution in [2.24, 2.45) is 11.3 Å². The van der Waals surface area contributed by atoms with Crippen molar-refractivity contribution in [1.82, 2.24) is 0 Å². The van der Waals surface area contributed by atoms with Crippen molar-refractivity contribution in [3.63, 3.8) is 0 Å². The molecule has 1 heterocycles. The molecule has 1 amide bonds. The van der Waals surface area contributed by atoms with Gasteiger partial charge in [0.15, 0.2) is 5.41 Å². The van der Waals surface area contributed by atoms with E-state index in [4.69, 9.17) is 14.2 Å². The second-order valence-corrected chi connectivity index (χ2v) is 7.74. The first-order valence-electron chi connectivity index (χ1n) is 9.83. The van der Waals surface area contributed by atoms with Crippen molar-refractivity contribution in [1.29, 1.82) is 0 Å². The molecular formula is C23H23NO7. The van der Waals surface area contributed by atoms with Crippen LogP contribution < -0.4 is 4.90 Å². The van der Waals surface area contributed by atoms with Gasteiger partial charge in [-0.2, -0.15) is 0 Å². The van der Waals surface area contributed by atoms with Crippen LogP contribution in [0.5, 0.6) is 0 Å². The highest BCUT2D eigenvalue weighted by Crippen LogP contribution is 2.71. The summed E-state index contributed by atoms with van der Waals surface area (Å²) in [6, 6.07) is 14.4. The minimum absolute atomic E-state index is 0.0112. The van der Waals surface area contributed by atoms with E-state index in [0.717, 1.165) is 16.0 Å². The number of esters is 2. The number of anilines is 1. The summed E-state index contributed by atoms with van der Waals surface area (Å²) in [5.41, 5.74) is 0.908. The number of aliphatic hydroxyl groups excluding tert-OH is 1. The molecule has 162 valence electrons. The Balaban J connectivity index is 1.73. The molecule has 0 spiro atoms. The molecule has 2 aliphatic rings. The summed E-state index contributed by atoms with van der Waals surface area (Å²) >= 11 is 0. The molecule has 1 fully saturated rings. The van der Waals surface area contributed by atoms with Gasteiger partial charge in [-0.1, -0.05) is 48.0 Å². The number of ether oxygens (including phenoxy) is 3. The monoisotopic (exact) mass is 425 g/mol. The first-order chi connectivity index (χ1) is 14.9. The van der Waals surface area contributed by atoms with Gasteiger partial charge in [-0.15, -0.1) is 0 Å². The number of carbonyl (C=O) groups is 3. The number of aliphatic hydroxyl groups is 1. The molecule has 0 radical (unpaired) electrons. The average Bonchev–Trinajstić information content (AvgIpc) is 3.50. The molecule has 3 atom stereocenters. The Morgan fingerprint density at radius 1 is 1.03 bits per heavy atom. The van der Waals surface area contributed by atoms with Gasteiger partial charge in [0.25, 0.3) is 0 Å². The number of rotatable bonds is 4. The Morgan fingerprint density at radius 3 is 2.29 bits per heavy atom. The third kappa shape index (κ3) is 3.06. The van der Waals surface area contributed by atoms with Gasteiger partial charge < -0.3 is 19.3 Å². The van der Waals surface area contributed by atoms with Gasteiger partial charge in [0.05, 0.1) is 19.9 Å². The van der Waals surface area contributed by atoms with Gasteiger partial charge in [-0.25, -0.2) is 4.79 Å². The summed E-state index contributed by atoms with van der Waals surface area (Å²) in [6.07, 6.45) is -2.25. The summed E-state index contributed by atoms with van der Waals surface area (Å²) in [5, 5.41) is 11.1. The molecule has 0 aromatic heterocycles. The fraction of sp³-hybridized carbons (Fsp3) is 0.348. The third-order valence-electron chi connectivity index (χ3n) is 6.08. The zero-order valence-corrected chi connectivity index (χ0v) is 17.4. The number of hydrogen-bond acceptors (Lipinski definition) is 7. The number of aryl methyl sites for hydroxylation is 1. The molecule has 0 bridgehead atoms. The summed E-state index contributed by atoms with van der Waals surface area (Å²) < 4.78 is 15.2. The normalized spacial score (nSPS) is 22.6. The Bertz CT molecular complexity index is 1020. The highest BCUT2D eigenvalue weighted by molar-refractivity contribution is 6.08. The number of methoxy groups -OCH3 is 2. The number of hydrogen-bond donors (Lipinski definition) is 1. The van der Waals surface area contributed by atoms with Gasteiger partial charge in [0.1, 0.15) is 12.8 Å². The fourth-order valence-electron chi connectivity index (χ4n) is 4.65. The Labute approximate surface area is 179 Å². The van der Waals surface area contributed by atoms with Crippen molar-refractivity contribution in [3.8, 4) is 0 Å². The second kappa shape index (κ2) is 7.70. The van der Waals surface area contributed by atoms with Crippen LogP contribution >= 0.6 is 0 Å². The standard InChI is InChI=1S/C23H23NO7/c1-13-9-10-16-15(11-13)17-18(23(17,20(26)29-2)21(27)30-3)19(25)24(16)22(28)31-12-14-7-5-4-6-8-14/h4-11,17-19,25H,12H2,1-3H3/t17-,18-,19+/m1/s1. The van der Waals surface area contributed by atoms with E-state index in [0.29, 0.717) is 11.3 Å². The van der Waals surface area contributed by atoms with E-state index in [1.165, 1.54) is 14.2 Å². The van der Waals surface area contributed by atoms with Crippen LogP contribution in [0.2, 0.25) is 0 Å². The van der Waals surface area contributed by atoms with E-state index in [2.05, 4.69) is 0 Å². The van der Waals surface area contributed by atoms with Gasteiger partial charge >= 0.3 is 18.0 Å². The van der Waals surface area contributed by atoms with Crippen molar-refractivity contribution >= 4 is 23.7 Å². The number of carbonyl (C=O) groups excluding carboxylic acids is 3. The van der Waals surface area contributed by atoms with E-state index in [9.17, 15) is 19.5 Å². The van der Waals surface area contributed by atoms with Crippen LogP contribution in [0.4, 0.5) is 10.5 Å². The average molecular weight is 425 g/mol. The van der Waals surface area contributed by atoms with Crippen LogP contribution in [-0.2, 0) is 30.4 Å². The maximum absolute atomic E-state index is 13.0. The third-order valence-corrected chi connectivity index (χ3v) is 6.08. The highest BCUT2D eigenvalue weighted by atomic mass is 16.6. The molecule has 2 aromatic rings. The summed E-state index contributed by atoms with van der Waals surface area (Å²) in [6.45, 7) is 1.87. The lowest BCUT2D eigenvalue weighted by Gasteiger charge is -2.32. The lowest BCUT2D eigenvalue weighted by Crippen LogP contribution is -2.46. The number of benzene rings is 2. The molecule has 1 saturated carbocycles. The van der Waals surface area contributed by atoms with Crippen LogP contribution in [0.1, 0.15) is 22.6 Å². The predicted octanol–water partition coefficient (Wildman–Crippen LogP) is 2.52. The smallest absolute Gasteiger partial charge is 0.416 e. The fourth-order valence-corrected chi connectivity index (χ4v) is 4.65. The summed E-state index contributed by atoms with van der Waals surface area (Å²) in [5.74, 6) is -3.19. The number of amides is 1. The zero-order valence-electron chi connectivity index (χ0n) is 17.4. The molecule has 2 aromatic carbocycles. The molecule has 31 heavy (non-hydrogen) atoms. The Kier molecular flexibility index (Phi) is 5.18. The Morgan fingerprint density at radius 2 is 1.68 bits per heavy atom. The minimum atomic E-state index is -1.72. The SMILES string of the molecule is COC(=O)C1(C(=O)OC)[C@@H]2[C@H]1c1cc(C)ccc1N(C(=O)OCc1ccccc1)[C@H]2O. The quantitative estimate of drug-likeness (QED) is 0.456. The van der Waals surface area contributed by atoms with Gasteiger partial charge in [0, 0.05) is 11.8 Å². The first-order valence-corrected chi connectivity index (χ1v) is 9.83. The topological polar surface area (TPSA) is 102 Å². The summed E-state index contributed by atoms with van der Waals surface area (Å²) in [4.78, 5) is 39.5. The van der Waals surface area contributed by atoms with Crippen LogP contribution in [0, 0.1) is 18.3 Å². The summed E-state index contributed by atoms with van der Waals surface area (Å²) in [7, 11) is 2.35. The van der Waals surface area contributed by atoms with Gasteiger partial charge in [-0.05, 0) is 24.1 Å². The van der Waals surface area contributed by atoms with Crippen molar-refractivity contribution < 1.29 is 33.7 Å². The molecule has 4 rings (SSSR count). The lowest BCUT2D eigenvalue weighted by atomic mass is 9.96. The van der Waals surface area contributed by atoms with E-state index in [1.807, 2.05) is 37.3 Å². The predicted molar refractivity (Wildman–Crippen MR) is 109 cm³/mol. The van der Waals surface area contributed by atoms with Crippen molar-refractivity contribution in [2.45, 2.75) is 25.7 Å². The molecule has 1 aliphatic carbocycles. The maximum atomic E-state index is 13.0. The maximum Gasteiger partial charge on any atom is 0.416 e. The molecular weight excluding hydrogens is 402 g/mol. The molecule has 0 saturated heterocycles. The van der Waals surface area contributed by atoms with Gasteiger partial charge in [0.2, 0.25) is 0 Å². The van der Waals surface area contributed by atoms with E-state index in [1.54, 1.807) is 18.2 Å². The zero-order chi connectivity index (χ0) is 22.3. The largest absolute Gasteiger partial charge is 0.468 e.